The van der Waals surface area contributed by atoms with Gasteiger partial charge in [0.25, 0.3) is 5.91 Å². The van der Waals surface area contributed by atoms with Crippen molar-refractivity contribution >= 4 is 33.2 Å². The van der Waals surface area contributed by atoms with Gasteiger partial charge < -0.3 is 11.1 Å². The zero-order chi connectivity index (χ0) is 15.0. The number of carbonyl (C=O) groups is 1. The Morgan fingerprint density at radius 2 is 2.00 bits per heavy atom. The molecule has 0 fully saturated rings. The fourth-order valence-corrected chi connectivity index (χ4v) is 2.96. The maximum absolute atomic E-state index is 12.4. The molecular weight excluding hydrogens is 320 g/mol. The van der Waals surface area contributed by atoms with Crippen LogP contribution in [0.2, 0.25) is 0 Å². The van der Waals surface area contributed by atoms with Crippen molar-refractivity contribution in [2.24, 2.45) is 7.05 Å². The molecule has 1 amide bonds. The Morgan fingerprint density at radius 3 is 2.50 bits per heavy atom. The van der Waals surface area contributed by atoms with E-state index < -0.39 is 0 Å². The van der Waals surface area contributed by atoms with Crippen molar-refractivity contribution in [1.82, 2.24) is 9.78 Å². The van der Waals surface area contributed by atoms with Crippen molar-refractivity contribution in [3.8, 4) is 0 Å². The summed E-state index contributed by atoms with van der Waals surface area (Å²) in [6.07, 6.45) is 0. The van der Waals surface area contributed by atoms with Gasteiger partial charge in [-0.2, -0.15) is 5.10 Å². The van der Waals surface area contributed by atoms with Crippen LogP contribution >= 0.6 is 15.9 Å². The number of halogens is 1. The van der Waals surface area contributed by atoms with Crippen LogP contribution in [0.25, 0.3) is 0 Å². The zero-order valence-corrected chi connectivity index (χ0v) is 13.5. The highest BCUT2D eigenvalue weighted by molar-refractivity contribution is 9.10. The monoisotopic (exact) mass is 336 g/mol. The number of hydrogen-bond acceptors (Lipinski definition) is 3. The van der Waals surface area contributed by atoms with Gasteiger partial charge in [0.2, 0.25) is 0 Å². The van der Waals surface area contributed by atoms with Crippen LogP contribution in [0.15, 0.2) is 16.6 Å². The van der Waals surface area contributed by atoms with E-state index in [0.717, 1.165) is 21.3 Å². The number of amides is 1. The van der Waals surface area contributed by atoms with Gasteiger partial charge >= 0.3 is 0 Å². The molecule has 5 nitrogen and oxygen atoms in total. The van der Waals surface area contributed by atoms with Gasteiger partial charge in [-0.25, -0.2) is 0 Å². The van der Waals surface area contributed by atoms with Crippen molar-refractivity contribution in [3.05, 3.63) is 39.1 Å². The number of nitrogens with two attached hydrogens (primary N) is 1. The fourth-order valence-electron chi connectivity index (χ4n) is 2.19. The normalized spacial score (nSPS) is 10.7. The lowest BCUT2D eigenvalue weighted by Gasteiger charge is -2.12. The lowest BCUT2D eigenvalue weighted by Crippen LogP contribution is -2.18. The average Bonchev–Trinajstić information content (AvgIpc) is 2.58. The quantitative estimate of drug-likeness (QED) is 0.885. The predicted molar refractivity (Wildman–Crippen MR) is 83.9 cm³/mol. The molecule has 0 aliphatic rings. The van der Waals surface area contributed by atoms with Crippen LogP contribution in [-0.2, 0) is 7.05 Å². The molecule has 2 aromatic rings. The molecule has 6 heteroatoms. The van der Waals surface area contributed by atoms with E-state index in [9.17, 15) is 4.79 Å². The average molecular weight is 337 g/mol. The highest BCUT2D eigenvalue weighted by atomic mass is 79.9. The topological polar surface area (TPSA) is 72.9 Å². The molecule has 0 bridgehead atoms. The molecule has 0 aliphatic carbocycles. The number of aromatic nitrogens is 2. The second kappa shape index (κ2) is 5.28. The summed E-state index contributed by atoms with van der Waals surface area (Å²) in [6, 6.07) is 3.97. The van der Waals surface area contributed by atoms with Crippen molar-refractivity contribution < 1.29 is 4.79 Å². The Balaban J connectivity index is 2.38. The minimum absolute atomic E-state index is 0.266. The van der Waals surface area contributed by atoms with E-state index in [2.05, 4.69) is 26.3 Å². The first kappa shape index (κ1) is 14.6. The van der Waals surface area contributed by atoms with Crippen molar-refractivity contribution in [2.75, 3.05) is 11.1 Å². The molecule has 106 valence electrons. The molecule has 1 aromatic carbocycles. The Kier molecular flexibility index (Phi) is 3.85. The highest BCUT2D eigenvalue weighted by Crippen LogP contribution is 2.28. The maximum Gasteiger partial charge on any atom is 0.276 e. The number of carbonyl (C=O) groups excluding carboxylic acids is 1. The number of nitrogens with one attached hydrogen (secondary N) is 1. The first-order chi connectivity index (χ1) is 9.31. The molecule has 1 aromatic heterocycles. The number of hydrogen-bond donors (Lipinski definition) is 2. The molecular formula is C14H17BrN4O. The van der Waals surface area contributed by atoms with Gasteiger partial charge in [0, 0.05) is 11.5 Å². The van der Waals surface area contributed by atoms with Crippen LogP contribution in [0.4, 0.5) is 11.4 Å². The summed E-state index contributed by atoms with van der Waals surface area (Å²) in [7, 11) is 1.70. The maximum atomic E-state index is 12.4. The molecule has 0 unspecified atom stereocenters. The Hall–Kier alpha value is -1.82. The third-order valence-corrected chi connectivity index (χ3v) is 3.78. The van der Waals surface area contributed by atoms with Crippen LogP contribution in [0.5, 0.6) is 0 Å². The van der Waals surface area contributed by atoms with E-state index in [0.29, 0.717) is 17.1 Å². The predicted octanol–water partition coefficient (Wildman–Crippen LogP) is 2.94. The van der Waals surface area contributed by atoms with Crippen LogP contribution in [0.1, 0.15) is 27.3 Å². The summed E-state index contributed by atoms with van der Waals surface area (Å²) in [5.74, 6) is -0.266. The second-order valence-corrected chi connectivity index (χ2v) is 5.72. The Bertz CT molecular complexity index is 668. The third kappa shape index (κ3) is 2.56. The van der Waals surface area contributed by atoms with Gasteiger partial charge in [-0.3, -0.25) is 9.48 Å². The molecule has 0 saturated carbocycles. The molecule has 20 heavy (non-hydrogen) atoms. The van der Waals surface area contributed by atoms with Gasteiger partial charge in [0.05, 0.1) is 17.1 Å². The summed E-state index contributed by atoms with van der Waals surface area (Å²) in [6.45, 7) is 5.73. The highest BCUT2D eigenvalue weighted by Gasteiger charge is 2.19. The standard InChI is InChI=1S/C14H17BrN4O/c1-7-5-8(2)12(10(15)6-7)17-14(20)13-11(16)9(3)18-19(13)4/h5-6H,16H2,1-4H3,(H,17,20). The number of benzene rings is 1. The molecule has 0 spiro atoms. The molecule has 0 atom stereocenters. The van der Waals surface area contributed by atoms with Crippen molar-refractivity contribution in [1.29, 1.82) is 0 Å². The largest absolute Gasteiger partial charge is 0.395 e. The number of nitrogens with zero attached hydrogens (tertiary/aromatic N) is 2. The minimum atomic E-state index is -0.266. The Morgan fingerprint density at radius 1 is 1.35 bits per heavy atom. The first-order valence-electron chi connectivity index (χ1n) is 6.18. The van der Waals surface area contributed by atoms with Gasteiger partial charge in [-0.1, -0.05) is 6.07 Å². The number of rotatable bonds is 2. The Labute approximate surface area is 126 Å². The van der Waals surface area contributed by atoms with Gasteiger partial charge in [-0.15, -0.1) is 0 Å². The van der Waals surface area contributed by atoms with E-state index >= 15 is 0 Å². The van der Waals surface area contributed by atoms with Gasteiger partial charge in [0.15, 0.2) is 0 Å². The summed E-state index contributed by atoms with van der Waals surface area (Å²) in [5, 5.41) is 7.04. The van der Waals surface area contributed by atoms with E-state index in [1.165, 1.54) is 4.68 Å². The van der Waals surface area contributed by atoms with E-state index in [1.54, 1.807) is 14.0 Å². The number of anilines is 2. The lowest BCUT2D eigenvalue weighted by molar-refractivity contribution is 0.101. The van der Waals surface area contributed by atoms with E-state index in [4.69, 9.17) is 5.73 Å². The first-order valence-corrected chi connectivity index (χ1v) is 6.97. The third-order valence-electron chi connectivity index (χ3n) is 3.15. The molecule has 3 N–H and O–H groups in total. The van der Waals surface area contributed by atoms with Crippen LogP contribution in [-0.4, -0.2) is 15.7 Å². The molecule has 0 radical (unpaired) electrons. The molecule has 2 rings (SSSR count). The van der Waals surface area contributed by atoms with Crippen molar-refractivity contribution in [3.63, 3.8) is 0 Å². The van der Waals surface area contributed by atoms with Crippen molar-refractivity contribution in [2.45, 2.75) is 20.8 Å². The summed E-state index contributed by atoms with van der Waals surface area (Å²) in [4.78, 5) is 12.4. The lowest BCUT2D eigenvalue weighted by atomic mass is 10.1. The molecule has 0 aliphatic heterocycles. The van der Waals surface area contributed by atoms with E-state index in [-0.39, 0.29) is 5.91 Å². The molecule has 0 saturated heterocycles. The fraction of sp³-hybridized carbons (Fsp3) is 0.286. The van der Waals surface area contributed by atoms with Crippen LogP contribution in [0.3, 0.4) is 0 Å². The van der Waals surface area contributed by atoms with Crippen LogP contribution < -0.4 is 11.1 Å². The second-order valence-electron chi connectivity index (χ2n) is 4.86. The smallest absolute Gasteiger partial charge is 0.276 e. The number of nitrogen functional groups attached to an aromatic ring is 1. The van der Waals surface area contributed by atoms with Gasteiger partial charge in [0.1, 0.15) is 5.69 Å². The summed E-state index contributed by atoms with van der Waals surface area (Å²) < 4.78 is 2.35. The minimum Gasteiger partial charge on any atom is -0.395 e. The zero-order valence-electron chi connectivity index (χ0n) is 11.9. The summed E-state index contributed by atoms with van der Waals surface area (Å²) >= 11 is 3.47. The SMILES string of the molecule is Cc1cc(C)c(NC(=O)c2c(N)c(C)nn2C)c(Br)c1. The van der Waals surface area contributed by atoms with E-state index in [1.807, 2.05) is 26.0 Å². The number of aryl methyl sites for hydroxylation is 4. The summed E-state index contributed by atoms with van der Waals surface area (Å²) in [5.41, 5.74) is 10.2. The molecule has 1 heterocycles. The van der Waals surface area contributed by atoms with Crippen LogP contribution in [0, 0.1) is 20.8 Å². The van der Waals surface area contributed by atoms with Gasteiger partial charge in [-0.05, 0) is 53.9 Å².